The van der Waals surface area contributed by atoms with Crippen LogP contribution in [0, 0.1) is 0 Å². The maximum absolute atomic E-state index is 12.9. The van der Waals surface area contributed by atoms with E-state index in [9.17, 15) is 8.42 Å². The van der Waals surface area contributed by atoms with E-state index in [1.807, 2.05) is 72.8 Å². The van der Waals surface area contributed by atoms with Crippen LogP contribution in [0.15, 0.2) is 87.5 Å². The Labute approximate surface area is 239 Å². The van der Waals surface area contributed by atoms with Gasteiger partial charge in [0.2, 0.25) is 25.0 Å². The molecule has 0 saturated carbocycles. The molecule has 6 nitrogen and oxygen atoms in total. The van der Waals surface area contributed by atoms with Crippen LogP contribution in [-0.2, 0) is 10.1 Å². The Morgan fingerprint density at radius 1 is 0.487 bits per heavy atom. The molecule has 3 aromatic carbocycles. The van der Waals surface area contributed by atoms with Gasteiger partial charge in [-0.25, -0.2) is 0 Å². The normalized spacial score (nSPS) is 13.6. The lowest BCUT2D eigenvalue weighted by Gasteiger charge is -2.35. The van der Waals surface area contributed by atoms with Gasteiger partial charge in [-0.1, -0.05) is 0 Å². The Balaban J connectivity index is 2.24. The van der Waals surface area contributed by atoms with Gasteiger partial charge in [-0.05, 0) is 132 Å². The summed E-state index contributed by atoms with van der Waals surface area (Å²) in [5, 5.41) is 0. The molecule has 0 atom stereocenters. The van der Waals surface area contributed by atoms with E-state index in [0.717, 1.165) is 38.2 Å². The molecule has 214 valence electrons. The molecule has 0 aliphatic rings. The van der Waals surface area contributed by atoms with E-state index in [1.54, 1.807) is 0 Å². The second kappa shape index (κ2) is 11.5. The van der Waals surface area contributed by atoms with E-state index in [-0.39, 0.29) is 0 Å². The van der Waals surface area contributed by atoms with Crippen molar-refractivity contribution in [3.63, 3.8) is 0 Å². The summed E-state index contributed by atoms with van der Waals surface area (Å²) in [5.41, 5.74) is 0. The Kier molecular flexibility index (Phi) is 9.25. The molecule has 0 saturated heterocycles. The highest BCUT2D eigenvalue weighted by atomic mass is 32.3. The van der Waals surface area contributed by atoms with Gasteiger partial charge in [0, 0.05) is 0 Å². The molecular formula is C28H43O6S2Si3+. The lowest BCUT2D eigenvalue weighted by Crippen LogP contribution is -2.29. The van der Waals surface area contributed by atoms with Crippen molar-refractivity contribution < 1.29 is 25.3 Å². The van der Waals surface area contributed by atoms with Gasteiger partial charge < -0.3 is 13.3 Å². The molecule has 0 spiro atoms. The van der Waals surface area contributed by atoms with Crippen molar-refractivity contribution in [2.24, 2.45) is 0 Å². The van der Waals surface area contributed by atoms with E-state index in [2.05, 4.69) is 62.6 Å². The van der Waals surface area contributed by atoms with Crippen LogP contribution in [-0.4, -0.2) is 43.3 Å². The topological polar surface area (TPSA) is 74.6 Å². The Morgan fingerprint density at radius 3 is 0.897 bits per heavy atom. The van der Waals surface area contributed by atoms with Crippen LogP contribution in [0.5, 0.6) is 17.2 Å². The first-order valence-corrected chi connectivity index (χ1v) is 26.6. The molecule has 1 N–H and O–H groups in total. The molecule has 0 fully saturated rings. The summed E-state index contributed by atoms with van der Waals surface area (Å²) in [7, 11) is -11.8. The Morgan fingerprint density at radius 2 is 0.718 bits per heavy atom. The van der Waals surface area contributed by atoms with Gasteiger partial charge in [0.1, 0.15) is 23.5 Å². The molecular weight excluding hydrogens is 581 g/mol. The number of benzene rings is 3. The summed E-state index contributed by atoms with van der Waals surface area (Å²) >= 11 is 0. The first-order valence-electron chi connectivity index (χ1n) is 12.9. The van der Waals surface area contributed by atoms with E-state index >= 15 is 0 Å². The standard InChI is InChI=1S/C28H42O6S2Si3/c1-35(29,30)34-36(26-17-11-23(12-18-26)31-37(2,3)4,27-19-13-24(14-20-27)32-38(5,6)7)28-21-15-25(16-22-28)33-39(8,9)10/h11-22H,1-10H3/p+1. The second-order valence-electron chi connectivity index (χ2n) is 12.4. The molecule has 39 heavy (non-hydrogen) atoms. The average molecular weight is 624 g/mol. The fraction of sp³-hybridized carbons (Fsp3) is 0.357. The first kappa shape index (κ1) is 31.5. The summed E-state index contributed by atoms with van der Waals surface area (Å²) in [4.78, 5) is 2.40. The molecule has 0 amide bonds. The lowest BCUT2D eigenvalue weighted by molar-refractivity contribution is 0.392. The highest BCUT2D eigenvalue weighted by Crippen LogP contribution is 2.68. The Bertz CT molecular complexity index is 1210. The summed E-state index contributed by atoms with van der Waals surface area (Å²) in [5.74, 6) is 2.30. The summed E-state index contributed by atoms with van der Waals surface area (Å²) < 4.78 is 49.0. The number of hydrogen-bond donors (Lipinski definition) is 0. The van der Waals surface area contributed by atoms with Crippen molar-refractivity contribution in [3.8, 4) is 17.2 Å². The zero-order chi connectivity index (χ0) is 29.3. The molecule has 0 unspecified atom stereocenters. The fourth-order valence-corrected chi connectivity index (χ4v) is 11.5. The molecule has 0 aromatic heterocycles. The van der Waals surface area contributed by atoms with Crippen LogP contribution < -0.4 is 13.3 Å². The number of hydrogen-bond acceptors (Lipinski definition) is 5. The third-order valence-electron chi connectivity index (χ3n) is 5.01. The molecule has 0 aliphatic carbocycles. The van der Waals surface area contributed by atoms with Crippen molar-refractivity contribution in [1.29, 1.82) is 0 Å². The predicted octanol–water partition coefficient (Wildman–Crippen LogP) is 8.58. The van der Waals surface area contributed by atoms with Gasteiger partial charge in [-0.15, -0.1) is 0 Å². The third-order valence-corrected chi connectivity index (χ3v) is 12.4. The summed E-state index contributed by atoms with van der Waals surface area (Å²) in [6, 6.07) is 23.1. The molecule has 0 aliphatic heterocycles. The molecule has 11 heteroatoms. The van der Waals surface area contributed by atoms with Crippen LogP contribution in [0.2, 0.25) is 58.9 Å². The molecule has 0 bridgehead atoms. The van der Waals surface area contributed by atoms with Crippen molar-refractivity contribution in [1.82, 2.24) is 0 Å². The van der Waals surface area contributed by atoms with E-state index in [0.29, 0.717) is 0 Å². The third kappa shape index (κ3) is 9.26. The second-order valence-corrected chi connectivity index (χ2v) is 30.4. The average Bonchev–Trinajstić information content (AvgIpc) is 2.75. The highest BCUT2D eigenvalue weighted by Gasteiger charge is 2.42. The van der Waals surface area contributed by atoms with E-state index in [1.165, 1.54) is 0 Å². The lowest BCUT2D eigenvalue weighted by atomic mass is 10.3. The molecule has 3 rings (SSSR count). The van der Waals surface area contributed by atoms with Crippen molar-refractivity contribution in [2.75, 3.05) is 6.26 Å². The van der Waals surface area contributed by atoms with Gasteiger partial charge in [0.25, 0.3) is 0 Å². The van der Waals surface area contributed by atoms with Crippen LogP contribution in [0.25, 0.3) is 0 Å². The maximum atomic E-state index is 12.9. The SMILES string of the molecule is C[Si](C)(C)Oc1ccc(S([OH+]S(C)(=O)=O)(c2ccc(O[Si](C)(C)C)cc2)c2ccc(O[Si](C)(C)C)cc2)cc1. The van der Waals surface area contributed by atoms with Crippen LogP contribution in [0.4, 0.5) is 0 Å². The smallest absolute Gasteiger partial charge is 0.387 e. The fourth-order valence-electron chi connectivity index (χ4n) is 3.91. The predicted molar refractivity (Wildman–Crippen MR) is 171 cm³/mol. The van der Waals surface area contributed by atoms with Gasteiger partial charge in [-0.3, -0.25) is 3.63 Å². The van der Waals surface area contributed by atoms with Crippen molar-refractivity contribution in [2.45, 2.75) is 73.6 Å². The van der Waals surface area contributed by atoms with Gasteiger partial charge in [-0.2, -0.15) is 8.42 Å². The summed E-state index contributed by atoms with van der Waals surface area (Å²) in [6.45, 7) is 19.2. The molecule has 0 radical (unpaired) electrons. The molecule has 0 heterocycles. The van der Waals surface area contributed by atoms with Crippen molar-refractivity contribution >= 4 is 45.4 Å². The minimum atomic E-state index is -3.75. The van der Waals surface area contributed by atoms with E-state index < -0.39 is 45.4 Å². The largest absolute Gasteiger partial charge is 0.544 e. The summed E-state index contributed by atoms with van der Waals surface area (Å²) in [6.07, 6.45) is 1.16. The highest BCUT2D eigenvalue weighted by molar-refractivity contribution is 8.32. The van der Waals surface area contributed by atoms with Crippen LogP contribution in [0.1, 0.15) is 0 Å². The van der Waals surface area contributed by atoms with Crippen LogP contribution in [0.3, 0.4) is 0 Å². The van der Waals surface area contributed by atoms with E-state index in [4.69, 9.17) is 13.3 Å². The zero-order valence-corrected chi connectivity index (χ0v) is 29.4. The first-order chi connectivity index (χ1) is 17.8. The quantitative estimate of drug-likeness (QED) is 0.121. The van der Waals surface area contributed by atoms with Gasteiger partial charge >= 0.3 is 10.1 Å². The van der Waals surface area contributed by atoms with Crippen LogP contribution >= 0.6 is 10.3 Å². The van der Waals surface area contributed by atoms with Gasteiger partial charge in [0.15, 0.2) is 0 Å². The maximum Gasteiger partial charge on any atom is 0.387 e. The van der Waals surface area contributed by atoms with Crippen molar-refractivity contribution in [3.05, 3.63) is 72.8 Å². The Hall–Kier alpha value is -2.03. The minimum absolute atomic E-state index is 0.767. The molecule has 3 aromatic rings. The monoisotopic (exact) mass is 623 g/mol. The minimum Gasteiger partial charge on any atom is -0.544 e. The zero-order valence-electron chi connectivity index (χ0n) is 24.7. The number of rotatable bonds is 11. The van der Waals surface area contributed by atoms with Gasteiger partial charge in [0.05, 0.1) is 25.0 Å².